The third-order valence-electron chi connectivity index (χ3n) is 6.75. The summed E-state index contributed by atoms with van der Waals surface area (Å²) in [5.41, 5.74) is 2.82. The fraction of sp³-hybridized carbons (Fsp3) is 0.385. The number of methoxy groups -OCH3 is 2. The van der Waals surface area contributed by atoms with E-state index in [1.54, 1.807) is 49.6 Å². The van der Waals surface area contributed by atoms with E-state index in [-0.39, 0.29) is 23.5 Å². The minimum atomic E-state index is -3.15. The fourth-order valence-corrected chi connectivity index (χ4v) is 6.53. The van der Waals surface area contributed by atoms with Gasteiger partial charge in [-0.1, -0.05) is 0 Å². The summed E-state index contributed by atoms with van der Waals surface area (Å²) in [7, 11) is -0.0278. The Bertz CT molecular complexity index is 1580. The number of nitrogens with one attached hydrogen (secondary N) is 1. The Hall–Kier alpha value is -3.93. The van der Waals surface area contributed by atoms with Gasteiger partial charge in [0.05, 0.1) is 60.4 Å². The summed E-state index contributed by atoms with van der Waals surface area (Å²) in [6.07, 6.45) is 6.53. The first-order valence-corrected chi connectivity index (χ1v) is 14.2. The number of pyridine rings is 1. The van der Waals surface area contributed by atoms with Crippen LogP contribution >= 0.6 is 0 Å². The van der Waals surface area contributed by atoms with Crippen molar-refractivity contribution < 1.29 is 22.7 Å². The van der Waals surface area contributed by atoms with Crippen molar-refractivity contribution in [2.45, 2.75) is 32.4 Å². The number of aryl methyl sites for hydroxylation is 2. The Morgan fingerprint density at radius 1 is 1.18 bits per heavy atom. The molecule has 1 aliphatic rings. The maximum atomic E-state index is 13.5. The van der Waals surface area contributed by atoms with Crippen LogP contribution in [-0.4, -0.2) is 70.9 Å². The van der Waals surface area contributed by atoms with Crippen molar-refractivity contribution >= 4 is 26.8 Å². The summed E-state index contributed by atoms with van der Waals surface area (Å²) in [5, 5.41) is 8.29. The zero-order chi connectivity index (χ0) is 26.9. The predicted octanol–water partition coefficient (Wildman–Crippen LogP) is 2.80. The number of aromatic nitrogens is 5. The molecule has 1 N–H and O–H groups in total. The van der Waals surface area contributed by atoms with Crippen LogP contribution < -0.4 is 14.8 Å². The SMILES string of the molecule is COc1ccc(-c2cc(C(=O)NCCCn3ccnc3)c3c(C)nn(C4CCS(=O)(=O)C4)c3n2)cc1OC. The quantitative estimate of drug-likeness (QED) is 0.322. The summed E-state index contributed by atoms with van der Waals surface area (Å²) >= 11 is 0. The van der Waals surface area contributed by atoms with Crippen molar-refractivity contribution in [3.63, 3.8) is 0 Å². The van der Waals surface area contributed by atoms with Crippen LogP contribution in [0.4, 0.5) is 0 Å². The molecule has 0 saturated carbocycles. The lowest BCUT2D eigenvalue weighted by Gasteiger charge is -2.13. The lowest BCUT2D eigenvalue weighted by molar-refractivity contribution is 0.0954. The Morgan fingerprint density at radius 3 is 2.68 bits per heavy atom. The van der Waals surface area contributed by atoms with Crippen LogP contribution in [-0.2, 0) is 16.4 Å². The zero-order valence-corrected chi connectivity index (χ0v) is 22.4. The molecule has 11 nitrogen and oxygen atoms in total. The summed E-state index contributed by atoms with van der Waals surface area (Å²) in [5.74, 6) is 0.972. The highest BCUT2D eigenvalue weighted by atomic mass is 32.2. The normalized spacial score (nSPS) is 16.6. The van der Waals surface area contributed by atoms with Crippen molar-refractivity contribution in [3.05, 3.63) is 54.2 Å². The molecule has 1 aliphatic heterocycles. The third kappa shape index (κ3) is 5.08. The van der Waals surface area contributed by atoms with Gasteiger partial charge in [0, 0.05) is 31.0 Å². The number of carbonyl (C=O) groups excluding carboxylic acids is 1. The van der Waals surface area contributed by atoms with E-state index in [4.69, 9.17) is 14.5 Å². The van der Waals surface area contributed by atoms with Crippen molar-refractivity contribution in [1.82, 2.24) is 29.6 Å². The number of ether oxygens (including phenoxy) is 2. The van der Waals surface area contributed by atoms with Gasteiger partial charge in [0.15, 0.2) is 27.0 Å². The molecule has 5 rings (SSSR count). The number of hydrogen-bond acceptors (Lipinski definition) is 8. The minimum Gasteiger partial charge on any atom is -0.493 e. The number of sulfone groups is 1. The number of carbonyl (C=O) groups is 1. The number of nitrogens with zero attached hydrogens (tertiary/aromatic N) is 5. The molecule has 0 aliphatic carbocycles. The summed E-state index contributed by atoms with van der Waals surface area (Å²) in [6.45, 7) is 3.02. The van der Waals surface area contributed by atoms with Gasteiger partial charge in [-0.3, -0.25) is 4.79 Å². The zero-order valence-electron chi connectivity index (χ0n) is 21.5. The molecule has 0 radical (unpaired) electrons. The van der Waals surface area contributed by atoms with Crippen molar-refractivity contribution in [2.24, 2.45) is 0 Å². The fourth-order valence-electron chi connectivity index (χ4n) is 4.84. The van der Waals surface area contributed by atoms with Gasteiger partial charge < -0.3 is 19.4 Å². The average Bonchev–Trinajstić information content (AvgIpc) is 3.64. The van der Waals surface area contributed by atoms with Crippen LogP contribution in [0.3, 0.4) is 0 Å². The van der Waals surface area contributed by atoms with Gasteiger partial charge in [-0.05, 0) is 44.0 Å². The van der Waals surface area contributed by atoms with Gasteiger partial charge in [0.1, 0.15) is 0 Å². The van der Waals surface area contributed by atoms with E-state index in [2.05, 4.69) is 15.4 Å². The van der Waals surface area contributed by atoms with Crippen LogP contribution in [0.5, 0.6) is 11.5 Å². The highest BCUT2D eigenvalue weighted by Crippen LogP contribution is 2.35. The smallest absolute Gasteiger partial charge is 0.252 e. The molecule has 1 saturated heterocycles. The van der Waals surface area contributed by atoms with Crippen molar-refractivity contribution in [2.75, 3.05) is 32.3 Å². The second-order valence-electron chi connectivity index (χ2n) is 9.32. The molecule has 0 spiro atoms. The molecule has 4 heterocycles. The van der Waals surface area contributed by atoms with E-state index in [1.807, 2.05) is 23.8 Å². The summed E-state index contributed by atoms with van der Waals surface area (Å²) < 4.78 is 38.9. The van der Waals surface area contributed by atoms with Crippen LogP contribution in [0.15, 0.2) is 43.0 Å². The van der Waals surface area contributed by atoms with Crippen molar-refractivity contribution in [3.8, 4) is 22.8 Å². The number of rotatable bonds is 9. The number of benzene rings is 1. The highest BCUT2D eigenvalue weighted by Gasteiger charge is 2.32. The van der Waals surface area contributed by atoms with Gasteiger partial charge in [-0.25, -0.2) is 23.1 Å². The molecule has 1 fully saturated rings. The van der Waals surface area contributed by atoms with Crippen LogP contribution in [0.2, 0.25) is 0 Å². The van der Waals surface area contributed by atoms with Crippen LogP contribution in [0, 0.1) is 6.92 Å². The second-order valence-corrected chi connectivity index (χ2v) is 11.5. The highest BCUT2D eigenvalue weighted by molar-refractivity contribution is 7.91. The first kappa shape index (κ1) is 25.7. The molecule has 3 aromatic heterocycles. The van der Waals surface area contributed by atoms with Gasteiger partial charge in [0.2, 0.25) is 0 Å². The van der Waals surface area contributed by atoms with E-state index in [9.17, 15) is 13.2 Å². The molecule has 1 unspecified atom stereocenters. The molecule has 12 heteroatoms. The van der Waals surface area contributed by atoms with Crippen LogP contribution in [0.25, 0.3) is 22.3 Å². The standard InChI is InChI=1S/C26H30N6O5S/c1-17-24-20(26(33)28-8-4-10-31-11-9-27-16-31)14-21(18-5-6-22(36-2)23(13-18)37-3)29-25(24)32(30-17)19-7-12-38(34,35)15-19/h5-6,9,11,13-14,16,19H,4,7-8,10,12,15H2,1-3H3,(H,28,33). The van der Waals surface area contributed by atoms with E-state index in [0.717, 1.165) is 18.5 Å². The second kappa shape index (κ2) is 10.4. The lowest BCUT2D eigenvalue weighted by Crippen LogP contribution is -2.25. The first-order valence-electron chi connectivity index (χ1n) is 12.4. The minimum absolute atomic E-state index is 0.00126. The molecular weight excluding hydrogens is 508 g/mol. The number of amides is 1. The molecule has 1 atom stereocenters. The maximum absolute atomic E-state index is 13.5. The molecule has 0 bridgehead atoms. The van der Waals surface area contributed by atoms with Crippen molar-refractivity contribution in [1.29, 1.82) is 0 Å². The number of imidazole rings is 1. The molecule has 1 aromatic carbocycles. The summed E-state index contributed by atoms with van der Waals surface area (Å²) in [4.78, 5) is 22.4. The monoisotopic (exact) mass is 538 g/mol. The van der Waals surface area contributed by atoms with E-state index >= 15 is 0 Å². The Labute approximate surface area is 220 Å². The van der Waals surface area contributed by atoms with Gasteiger partial charge >= 0.3 is 0 Å². The third-order valence-corrected chi connectivity index (χ3v) is 8.50. The average molecular weight is 539 g/mol. The summed E-state index contributed by atoms with van der Waals surface area (Å²) in [6, 6.07) is 6.83. The lowest BCUT2D eigenvalue weighted by atomic mass is 10.0. The topological polar surface area (TPSA) is 130 Å². The van der Waals surface area contributed by atoms with E-state index in [1.165, 1.54) is 0 Å². The Morgan fingerprint density at radius 2 is 2.00 bits per heavy atom. The Balaban J connectivity index is 1.55. The first-order chi connectivity index (χ1) is 18.3. The predicted molar refractivity (Wildman–Crippen MR) is 142 cm³/mol. The largest absolute Gasteiger partial charge is 0.493 e. The number of fused-ring (bicyclic) bond motifs is 1. The van der Waals surface area contributed by atoms with Gasteiger partial charge in [-0.2, -0.15) is 5.10 Å². The van der Waals surface area contributed by atoms with Crippen LogP contribution in [0.1, 0.15) is 34.9 Å². The molecule has 1 amide bonds. The molecule has 200 valence electrons. The number of hydrogen-bond donors (Lipinski definition) is 1. The van der Waals surface area contributed by atoms with Gasteiger partial charge in [0.25, 0.3) is 5.91 Å². The maximum Gasteiger partial charge on any atom is 0.252 e. The molecular formula is C26H30N6O5S. The van der Waals surface area contributed by atoms with Gasteiger partial charge in [-0.15, -0.1) is 0 Å². The Kier molecular flexibility index (Phi) is 7.06. The van der Waals surface area contributed by atoms with E-state index < -0.39 is 9.84 Å². The van der Waals surface area contributed by atoms with E-state index in [0.29, 0.717) is 52.4 Å². The molecule has 4 aromatic rings. The molecule has 38 heavy (non-hydrogen) atoms.